The topological polar surface area (TPSA) is 20.3 Å². The smallest absolute Gasteiger partial charge is 0.231 e. The Labute approximate surface area is 114 Å². The Morgan fingerprint density at radius 1 is 1.06 bits per heavy atom. The van der Waals surface area contributed by atoms with Crippen LogP contribution in [-0.2, 0) is 17.8 Å². The molecule has 0 spiro atoms. The fourth-order valence-corrected chi connectivity index (χ4v) is 2.79. The Morgan fingerprint density at radius 2 is 1.83 bits per heavy atom. The normalized spacial score (nSPS) is 13.8. The van der Waals surface area contributed by atoms with E-state index in [1.54, 1.807) is 0 Å². The molecule has 0 aliphatic carbocycles. The van der Waals surface area contributed by atoms with Crippen LogP contribution in [-0.4, -0.2) is 5.91 Å². The Hall–Kier alpha value is -1.61. The molecule has 0 unspecified atom stereocenters. The van der Waals surface area contributed by atoms with E-state index in [1.165, 1.54) is 0 Å². The van der Waals surface area contributed by atoms with E-state index >= 15 is 0 Å². The van der Waals surface area contributed by atoms with Gasteiger partial charge in [-0.2, -0.15) is 0 Å². The largest absolute Gasteiger partial charge is 0.307 e. The van der Waals surface area contributed by atoms with Crippen molar-refractivity contribution in [1.29, 1.82) is 0 Å². The third-order valence-corrected chi connectivity index (χ3v) is 3.94. The van der Waals surface area contributed by atoms with E-state index in [0.29, 0.717) is 13.0 Å². The van der Waals surface area contributed by atoms with Crippen molar-refractivity contribution in [2.75, 3.05) is 4.90 Å². The van der Waals surface area contributed by atoms with Crippen LogP contribution in [0.2, 0.25) is 0 Å². The average molecular weight is 302 g/mol. The highest BCUT2D eigenvalue weighted by atomic mass is 79.9. The highest BCUT2D eigenvalue weighted by molar-refractivity contribution is 9.10. The summed E-state index contributed by atoms with van der Waals surface area (Å²) in [5.41, 5.74) is 3.27. The number of benzene rings is 2. The summed E-state index contributed by atoms with van der Waals surface area (Å²) in [6.45, 7) is 0.642. The fraction of sp³-hybridized carbons (Fsp3) is 0.133. The number of rotatable bonds is 2. The molecular weight excluding hydrogens is 290 g/mol. The van der Waals surface area contributed by atoms with Crippen LogP contribution in [0.3, 0.4) is 0 Å². The van der Waals surface area contributed by atoms with Gasteiger partial charge in [0.1, 0.15) is 0 Å². The van der Waals surface area contributed by atoms with Gasteiger partial charge in [-0.15, -0.1) is 0 Å². The minimum Gasteiger partial charge on any atom is -0.307 e. The van der Waals surface area contributed by atoms with E-state index in [1.807, 2.05) is 53.4 Å². The summed E-state index contributed by atoms with van der Waals surface area (Å²) in [5.74, 6) is 0.167. The van der Waals surface area contributed by atoms with Gasteiger partial charge < -0.3 is 4.90 Å². The lowest BCUT2D eigenvalue weighted by atomic mass is 10.1. The van der Waals surface area contributed by atoms with Crippen LogP contribution in [0.5, 0.6) is 0 Å². The summed E-state index contributed by atoms with van der Waals surface area (Å²) < 4.78 is 1.02. The number of carbonyl (C=O) groups excluding carboxylic acids is 1. The van der Waals surface area contributed by atoms with Crippen LogP contribution < -0.4 is 4.90 Å². The first kappa shape index (κ1) is 11.5. The molecule has 2 aromatic rings. The lowest BCUT2D eigenvalue weighted by Gasteiger charge is -2.17. The molecular formula is C15H12BrNO. The first-order valence-corrected chi connectivity index (χ1v) is 6.66. The van der Waals surface area contributed by atoms with E-state index in [9.17, 15) is 4.79 Å². The lowest BCUT2D eigenvalue weighted by Crippen LogP contribution is -2.25. The molecule has 2 nitrogen and oxygen atoms in total. The summed E-state index contributed by atoms with van der Waals surface area (Å²) in [7, 11) is 0. The zero-order chi connectivity index (χ0) is 12.5. The van der Waals surface area contributed by atoms with Crippen LogP contribution in [0.4, 0.5) is 5.69 Å². The van der Waals surface area contributed by atoms with Crippen molar-refractivity contribution in [2.45, 2.75) is 13.0 Å². The molecule has 18 heavy (non-hydrogen) atoms. The van der Waals surface area contributed by atoms with Gasteiger partial charge in [0.2, 0.25) is 5.91 Å². The Morgan fingerprint density at radius 3 is 2.61 bits per heavy atom. The maximum Gasteiger partial charge on any atom is 0.231 e. The first-order chi connectivity index (χ1) is 8.75. The summed E-state index contributed by atoms with van der Waals surface area (Å²) in [6.07, 6.45) is 0.490. The number of halogens is 1. The zero-order valence-corrected chi connectivity index (χ0v) is 11.4. The minimum absolute atomic E-state index is 0.167. The second-order valence-corrected chi connectivity index (χ2v) is 5.23. The third-order valence-electron chi connectivity index (χ3n) is 3.20. The molecule has 0 fully saturated rings. The average Bonchev–Trinajstić information content (AvgIpc) is 2.70. The van der Waals surface area contributed by atoms with Gasteiger partial charge in [-0.05, 0) is 23.3 Å². The van der Waals surface area contributed by atoms with Gasteiger partial charge in [0.05, 0.1) is 13.0 Å². The predicted molar refractivity (Wildman–Crippen MR) is 75.5 cm³/mol. The fourth-order valence-electron chi connectivity index (χ4n) is 2.30. The number of carbonyl (C=O) groups is 1. The maximum atomic E-state index is 12.1. The molecule has 0 saturated heterocycles. The molecule has 1 aliphatic rings. The van der Waals surface area contributed by atoms with E-state index in [0.717, 1.165) is 21.3 Å². The van der Waals surface area contributed by atoms with Crippen molar-refractivity contribution < 1.29 is 4.79 Å². The molecule has 3 rings (SSSR count). The molecule has 3 heteroatoms. The highest BCUT2D eigenvalue weighted by Gasteiger charge is 2.28. The van der Waals surface area contributed by atoms with Crippen molar-refractivity contribution >= 4 is 27.5 Å². The van der Waals surface area contributed by atoms with Crippen LogP contribution in [0.1, 0.15) is 11.1 Å². The SMILES string of the molecule is O=C1Cc2c(Br)cccc2N1Cc1ccccc1. The zero-order valence-electron chi connectivity index (χ0n) is 9.77. The molecule has 0 saturated carbocycles. The standard InChI is InChI=1S/C15H12BrNO/c16-13-7-4-8-14-12(13)9-15(18)17(14)10-11-5-2-1-3-6-11/h1-8H,9-10H2. The molecule has 1 aliphatic heterocycles. The van der Waals surface area contributed by atoms with Gasteiger partial charge in [-0.25, -0.2) is 0 Å². The summed E-state index contributed by atoms with van der Waals surface area (Å²) in [6, 6.07) is 16.0. The van der Waals surface area contributed by atoms with E-state index in [-0.39, 0.29) is 5.91 Å². The van der Waals surface area contributed by atoms with Crippen molar-refractivity contribution in [3.8, 4) is 0 Å². The van der Waals surface area contributed by atoms with Gasteiger partial charge in [0.15, 0.2) is 0 Å². The highest BCUT2D eigenvalue weighted by Crippen LogP contribution is 2.35. The maximum absolute atomic E-state index is 12.1. The molecule has 1 heterocycles. The minimum atomic E-state index is 0.167. The number of fused-ring (bicyclic) bond motifs is 1. The van der Waals surface area contributed by atoms with Crippen molar-refractivity contribution in [3.63, 3.8) is 0 Å². The lowest BCUT2D eigenvalue weighted by molar-refractivity contribution is -0.117. The molecule has 90 valence electrons. The van der Waals surface area contributed by atoms with Crippen molar-refractivity contribution in [2.24, 2.45) is 0 Å². The van der Waals surface area contributed by atoms with E-state index < -0.39 is 0 Å². The Balaban J connectivity index is 1.95. The first-order valence-electron chi connectivity index (χ1n) is 5.87. The molecule has 0 radical (unpaired) electrons. The summed E-state index contributed by atoms with van der Waals surface area (Å²) in [5, 5.41) is 0. The van der Waals surface area contributed by atoms with E-state index in [2.05, 4.69) is 15.9 Å². The van der Waals surface area contributed by atoms with Crippen molar-refractivity contribution in [3.05, 3.63) is 64.1 Å². The number of amides is 1. The Kier molecular flexibility index (Phi) is 2.92. The van der Waals surface area contributed by atoms with E-state index in [4.69, 9.17) is 0 Å². The Bertz CT molecular complexity index is 595. The molecule has 0 bridgehead atoms. The van der Waals surface area contributed by atoms with Crippen LogP contribution in [0.25, 0.3) is 0 Å². The number of hydrogen-bond acceptors (Lipinski definition) is 1. The van der Waals surface area contributed by atoms with Gasteiger partial charge in [-0.3, -0.25) is 4.79 Å². The predicted octanol–water partition coefficient (Wildman–Crippen LogP) is 3.54. The second kappa shape index (κ2) is 4.58. The quantitative estimate of drug-likeness (QED) is 0.831. The van der Waals surface area contributed by atoms with Gasteiger partial charge in [0, 0.05) is 10.2 Å². The summed E-state index contributed by atoms with van der Waals surface area (Å²) in [4.78, 5) is 13.9. The number of nitrogens with zero attached hydrogens (tertiary/aromatic N) is 1. The molecule has 0 N–H and O–H groups in total. The third kappa shape index (κ3) is 1.95. The molecule has 1 amide bonds. The van der Waals surface area contributed by atoms with Gasteiger partial charge >= 0.3 is 0 Å². The monoisotopic (exact) mass is 301 g/mol. The molecule has 0 aromatic heterocycles. The molecule has 0 atom stereocenters. The molecule has 2 aromatic carbocycles. The number of anilines is 1. The number of hydrogen-bond donors (Lipinski definition) is 0. The van der Waals surface area contributed by atoms with Gasteiger partial charge in [0.25, 0.3) is 0 Å². The van der Waals surface area contributed by atoms with Crippen LogP contribution in [0.15, 0.2) is 53.0 Å². The van der Waals surface area contributed by atoms with Crippen LogP contribution in [0, 0.1) is 0 Å². The summed E-state index contributed by atoms with van der Waals surface area (Å²) >= 11 is 3.51. The second-order valence-electron chi connectivity index (χ2n) is 4.38. The van der Waals surface area contributed by atoms with Crippen molar-refractivity contribution in [1.82, 2.24) is 0 Å². The van der Waals surface area contributed by atoms with Gasteiger partial charge in [-0.1, -0.05) is 52.3 Å². The van der Waals surface area contributed by atoms with Crippen LogP contribution >= 0.6 is 15.9 Å².